The molecule has 1 aromatic carbocycles. The summed E-state index contributed by atoms with van der Waals surface area (Å²) < 4.78 is 13.9. The number of carbonyl (C=O) groups is 2. The number of hydrogen-bond acceptors (Lipinski definition) is 3. The number of urea groups is 1. The van der Waals surface area contributed by atoms with Crippen LogP contribution in [-0.4, -0.2) is 35.5 Å². The molecule has 3 rings (SSSR count). The molecule has 106 valence electrons. The Morgan fingerprint density at radius 1 is 1.40 bits per heavy atom. The fourth-order valence-corrected chi connectivity index (χ4v) is 2.84. The Labute approximate surface area is 120 Å². The first-order valence-corrected chi connectivity index (χ1v) is 6.69. The molecule has 0 saturated carbocycles. The van der Waals surface area contributed by atoms with Crippen molar-refractivity contribution in [1.29, 1.82) is 0 Å². The molecule has 1 unspecified atom stereocenters. The summed E-state index contributed by atoms with van der Waals surface area (Å²) in [7, 11) is 0. The van der Waals surface area contributed by atoms with E-state index in [1.165, 1.54) is 12.1 Å². The lowest BCUT2D eigenvalue weighted by Crippen LogP contribution is -2.48. The summed E-state index contributed by atoms with van der Waals surface area (Å²) in [6.07, 6.45) is 0.548. The predicted octanol–water partition coefficient (Wildman–Crippen LogP) is 1.26. The molecule has 5 nitrogen and oxygen atoms in total. The van der Waals surface area contributed by atoms with Gasteiger partial charge in [-0.15, -0.1) is 0 Å². The average Bonchev–Trinajstić information content (AvgIpc) is 2.96. The van der Waals surface area contributed by atoms with Gasteiger partial charge in [0.05, 0.1) is 11.6 Å². The smallest absolute Gasteiger partial charge is 0.322 e. The Morgan fingerprint density at radius 2 is 2.20 bits per heavy atom. The van der Waals surface area contributed by atoms with Gasteiger partial charge in [-0.2, -0.15) is 0 Å². The molecule has 1 spiro atoms. The van der Waals surface area contributed by atoms with Crippen molar-refractivity contribution in [2.45, 2.75) is 18.5 Å². The van der Waals surface area contributed by atoms with Crippen LogP contribution in [-0.2, 0) is 11.3 Å². The number of benzene rings is 1. The van der Waals surface area contributed by atoms with Crippen LogP contribution in [0.5, 0.6) is 0 Å². The Morgan fingerprint density at radius 3 is 2.90 bits per heavy atom. The molecule has 1 aromatic rings. The first-order chi connectivity index (χ1) is 9.53. The van der Waals surface area contributed by atoms with Gasteiger partial charge in [0.15, 0.2) is 0 Å². The Kier molecular flexibility index (Phi) is 3.14. The molecule has 2 N–H and O–H groups in total. The highest BCUT2D eigenvalue weighted by Gasteiger charge is 2.52. The van der Waals surface area contributed by atoms with Crippen LogP contribution < -0.4 is 10.6 Å². The van der Waals surface area contributed by atoms with E-state index < -0.39 is 17.4 Å². The van der Waals surface area contributed by atoms with Crippen molar-refractivity contribution >= 4 is 23.5 Å². The second kappa shape index (κ2) is 4.71. The highest BCUT2D eigenvalue weighted by Crippen LogP contribution is 2.27. The zero-order valence-corrected chi connectivity index (χ0v) is 11.3. The second-order valence-corrected chi connectivity index (χ2v) is 5.45. The van der Waals surface area contributed by atoms with Crippen LogP contribution in [0.2, 0.25) is 5.02 Å². The maximum absolute atomic E-state index is 13.9. The van der Waals surface area contributed by atoms with E-state index >= 15 is 0 Å². The molecule has 0 aromatic heterocycles. The summed E-state index contributed by atoms with van der Waals surface area (Å²) in [5.41, 5.74) is -0.643. The van der Waals surface area contributed by atoms with E-state index in [-0.39, 0.29) is 23.0 Å². The third-order valence-electron chi connectivity index (χ3n) is 3.76. The summed E-state index contributed by atoms with van der Waals surface area (Å²) in [5.74, 6) is -0.910. The fourth-order valence-electron chi connectivity index (χ4n) is 2.64. The van der Waals surface area contributed by atoms with Gasteiger partial charge >= 0.3 is 6.03 Å². The van der Waals surface area contributed by atoms with Crippen LogP contribution in [0.25, 0.3) is 0 Å². The fraction of sp³-hybridized carbons (Fsp3) is 0.385. The van der Waals surface area contributed by atoms with E-state index in [0.29, 0.717) is 19.5 Å². The Balaban J connectivity index is 1.86. The lowest BCUT2D eigenvalue weighted by Gasteiger charge is -2.19. The number of nitrogens with zero attached hydrogens (tertiary/aromatic N) is 1. The number of imide groups is 1. The minimum atomic E-state index is -0.869. The van der Waals surface area contributed by atoms with Crippen molar-refractivity contribution < 1.29 is 14.0 Å². The van der Waals surface area contributed by atoms with Crippen LogP contribution >= 0.6 is 11.6 Å². The van der Waals surface area contributed by atoms with E-state index in [2.05, 4.69) is 10.6 Å². The van der Waals surface area contributed by atoms with Gasteiger partial charge in [-0.3, -0.25) is 9.69 Å². The van der Waals surface area contributed by atoms with Gasteiger partial charge in [0.1, 0.15) is 11.4 Å². The molecule has 0 bridgehead atoms. The van der Waals surface area contributed by atoms with Crippen molar-refractivity contribution in [3.63, 3.8) is 0 Å². The zero-order valence-electron chi connectivity index (χ0n) is 10.6. The number of nitrogens with one attached hydrogen (secondary N) is 2. The molecular formula is C13H13ClFN3O2. The van der Waals surface area contributed by atoms with Crippen LogP contribution in [0.1, 0.15) is 12.0 Å². The SMILES string of the molecule is O=C1NC2(CCNC2)C(=O)N1Cc1cccc(Cl)c1F. The molecule has 3 amide bonds. The molecule has 20 heavy (non-hydrogen) atoms. The van der Waals surface area contributed by atoms with Gasteiger partial charge < -0.3 is 10.6 Å². The highest BCUT2D eigenvalue weighted by molar-refractivity contribution is 6.30. The van der Waals surface area contributed by atoms with E-state index in [4.69, 9.17) is 11.6 Å². The summed E-state index contributed by atoms with van der Waals surface area (Å²) in [5, 5.41) is 5.73. The number of amides is 3. The van der Waals surface area contributed by atoms with Crippen molar-refractivity contribution in [3.8, 4) is 0 Å². The highest BCUT2D eigenvalue weighted by atomic mass is 35.5. The standard InChI is InChI=1S/C13H13ClFN3O2/c14-9-3-1-2-8(10(9)15)6-18-11(19)13(17-12(18)20)4-5-16-7-13/h1-3,16H,4-7H2,(H,17,20). The Hall–Kier alpha value is -1.66. The van der Waals surface area contributed by atoms with E-state index in [1.54, 1.807) is 6.07 Å². The molecule has 1 atom stereocenters. The van der Waals surface area contributed by atoms with Gasteiger partial charge in [0.25, 0.3) is 5.91 Å². The quantitative estimate of drug-likeness (QED) is 0.808. The van der Waals surface area contributed by atoms with Gasteiger partial charge in [-0.1, -0.05) is 23.7 Å². The molecule has 7 heteroatoms. The van der Waals surface area contributed by atoms with Crippen molar-refractivity contribution in [1.82, 2.24) is 15.5 Å². The van der Waals surface area contributed by atoms with Gasteiger partial charge in [0.2, 0.25) is 0 Å². The topological polar surface area (TPSA) is 61.4 Å². The van der Waals surface area contributed by atoms with Gasteiger partial charge in [-0.25, -0.2) is 9.18 Å². The number of hydrogen-bond donors (Lipinski definition) is 2. The van der Waals surface area contributed by atoms with Gasteiger partial charge in [0, 0.05) is 12.1 Å². The predicted molar refractivity (Wildman–Crippen MR) is 70.7 cm³/mol. The van der Waals surface area contributed by atoms with E-state index in [0.717, 1.165) is 4.90 Å². The first kappa shape index (κ1) is 13.3. The van der Waals surface area contributed by atoms with Gasteiger partial charge in [-0.05, 0) is 19.0 Å². The van der Waals surface area contributed by atoms with Crippen molar-refractivity contribution in [3.05, 3.63) is 34.6 Å². The summed E-state index contributed by atoms with van der Waals surface area (Å²) in [4.78, 5) is 25.4. The third kappa shape index (κ3) is 1.96. The molecule has 2 aliphatic heterocycles. The molecule has 0 aliphatic carbocycles. The molecule has 2 fully saturated rings. The minimum absolute atomic E-state index is 0.0215. The maximum Gasteiger partial charge on any atom is 0.325 e. The van der Waals surface area contributed by atoms with Crippen molar-refractivity contribution in [2.24, 2.45) is 0 Å². The van der Waals surface area contributed by atoms with Crippen LogP contribution in [0.4, 0.5) is 9.18 Å². The van der Waals surface area contributed by atoms with Crippen LogP contribution in [0, 0.1) is 5.82 Å². The maximum atomic E-state index is 13.9. The summed E-state index contributed by atoms with van der Waals surface area (Å²) in [6, 6.07) is 4.04. The van der Waals surface area contributed by atoms with Crippen LogP contribution in [0.15, 0.2) is 18.2 Å². The lowest BCUT2D eigenvalue weighted by molar-refractivity contribution is -0.131. The summed E-state index contributed by atoms with van der Waals surface area (Å²) >= 11 is 5.70. The first-order valence-electron chi connectivity index (χ1n) is 6.31. The van der Waals surface area contributed by atoms with E-state index in [9.17, 15) is 14.0 Å². The third-order valence-corrected chi connectivity index (χ3v) is 4.05. The number of rotatable bonds is 2. The van der Waals surface area contributed by atoms with Crippen LogP contribution in [0.3, 0.4) is 0 Å². The number of carbonyl (C=O) groups excluding carboxylic acids is 2. The van der Waals surface area contributed by atoms with E-state index in [1.807, 2.05) is 0 Å². The number of halogens is 2. The monoisotopic (exact) mass is 297 g/mol. The molecule has 2 aliphatic rings. The lowest BCUT2D eigenvalue weighted by atomic mass is 9.99. The molecule has 2 heterocycles. The average molecular weight is 298 g/mol. The molecule has 2 saturated heterocycles. The van der Waals surface area contributed by atoms with Crippen molar-refractivity contribution in [2.75, 3.05) is 13.1 Å². The molecular weight excluding hydrogens is 285 g/mol. The zero-order chi connectivity index (χ0) is 14.3. The Bertz CT molecular complexity index is 587. The normalized spacial score (nSPS) is 25.6. The largest absolute Gasteiger partial charge is 0.325 e. The second-order valence-electron chi connectivity index (χ2n) is 5.04. The summed E-state index contributed by atoms with van der Waals surface area (Å²) in [6.45, 7) is 0.969. The molecule has 0 radical (unpaired) electrons. The minimum Gasteiger partial charge on any atom is -0.322 e.